The fourth-order valence-electron chi connectivity index (χ4n) is 4.82. The normalized spacial score (nSPS) is 11.6. The van der Waals surface area contributed by atoms with Crippen LogP contribution in [0.4, 0.5) is 5.82 Å². The maximum absolute atomic E-state index is 6.32. The first-order valence-electron chi connectivity index (χ1n) is 13.5. The van der Waals surface area contributed by atoms with Crippen molar-refractivity contribution in [2.75, 3.05) is 0 Å². The van der Waals surface area contributed by atoms with E-state index < -0.39 is 0 Å². The maximum Gasteiger partial charge on any atom is 0.214 e. The Balaban J connectivity index is 1.57. The highest BCUT2D eigenvalue weighted by molar-refractivity contribution is 7.12. The van der Waals surface area contributed by atoms with E-state index in [1.54, 1.807) is 11.3 Å². The largest absolute Gasteiger partial charge is 0.214 e. The van der Waals surface area contributed by atoms with Gasteiger partial charge >= 0.3 is 0 Å². The van der Waals surface area contributed by atoms with Crippen molar-refractivity contribution in [3.05, 3.63) is 155 Å². The van der Waals surface area contributed by atoms with E-state index in [1.165, 1.54) is 0 Å². The minimum atomic E-state index is 0.672. The highest BCUT2D eigenvalue weighted by Crippen LogP contribution is 2.41. The lowest BCUT2D eigenvalue weighted by molar-refractivity contribution is 0.823. The summed E-state index contributed by atoms with van der Waals surface area (Å²) >= 11 is 7.86. The molecule has 0 saturated heterocycles. The van der Waals surface area contributed by atoms with Crippen molar-refractivity contribution >= 4 is 28.8 Å². The molecule has 0 aliphatic rings. The van der Waals surface area contributed by atoms with Crippen molar-refractivity contribution in [1.29, 1.82) is 0 Å². The van der Waals surface area contributed by atoms with Gasteiger partial charge < -0.3 is 0 Å². The van der Waals surface area contributed by atoms with Crippen LogP contribution in [-0.4, -0.2) is 19.6 Å². The maximum atomic E-state index is 6.32. The van der Waals surface area contributed by atoms with Crippen LogP contribution < -0.4 is 4.80 Å². The van der Waals surface area contributed by atoms with E-state index in [0.29, 0.717) is 10.8 Å². The fourth-order valence-corrected chi connectivity index (χ4v) is 5.86. The molecule has 0 saturated carbocycles. The SMILES string of the molecule is Clc1ccc(-c2c(-c3ccccc3)nn(-c3ccccc3)c2N=c2sc(-c3ccccc3)nn2-c2ccccc2)cc1. The zero-order valence-corrected chi connectivity index (χ0v) is 24.0. The molecular formula is C35H24ClN5S. The monoisotopic (exact) mass is 581 g/mol. The van der Waals surface area contributed by atoms with Crippen molar-refractivity contribution in [1.82, 2.24) is 19.6 Å². The molecule has 7 heteroatoms. The van der Waals surface area contributed by atoms with E-state index in [-0.39, 0.29) is 0 Å². The van der Waals surface area contributed by atoms with Crippen LogP contribution in [0.2, 0.25) is 5.02 Å². The summed E-state index contributed by atoms with van der Waals surface area (Å²) in [5.74, 6) is 0.704. The second kappa shape index (κ2) is 11.4. The van der Waals surface area contributed by atoms with Gasteiger partial charge in [-0.15, -0.1) is 0 Å². The second-order valence-electron chi connectivity index (χ2n) is 9.58. The predicted molar refractivity (Wildman–Crippen MR) is 172 cm³/mol. The Bertz CT molecular complexity index is 2010. The Kier molecular flexibility index (Phi) is 7.06. The zero-order valence-electron chi connectivity index (χ0n) is 22.4. The van der Waals surface area contributed by atoms with Gasteiger partial charge in [0.1, 0.15) is 10.7 Å². The summed E-state index contributed by atoms with van der Waals surface area (Å²) in [7, 11) is 0. The minimum Gasteiger partial charge on any atom is -0.214 e. The van der Waals surface area contributed by atoms with Crippen LogP contribution >= 0.6 is 22.9 Å². The lowest BCUT2D eigenvalue weighted by Crippen LogP contribution is -2.14. The molecule has 0 spiro atoms. The number of hydrogen-bond donors (Lipinski definition) is 0. The van der Waals surface area contributed by atoms with Gasteiger partial charge in [-0.1, -0.05) is 132 Å². The molecule has 202 valence electrons. The lowest BCUT2D eigenvalue weighted by Gasteiger charge is -2.07. The van der Waals surface area contributed by atoms with Crippen LogP contribution in [0, 0.1) is 0 Å². The van der Waals surface area contributed by atoms with Crippen molar-refractivity contribution in [3.63, 3.8) is 0 Å². The molecule has 0 fully saturated rings. The molecule has 0 amide bonds. The van der Waals surface area contributed by atoms with E-state index in [2.05, 4.69) is 24.3 Å². The average molecular weight is 582 g/mol. The van der Waals surface area contributed by atoms with Crippen molar-refractivity contribution in [2.45, 2.75) is 0 Å². The Morgan fingerprint density at radius 3 is 1.64 bits per heavy atom. The molecular weight excluding hydrogens is 558 g/mol. The first-order chi connectivity index (χ1) is 20.7. The molecule has 0 aliphatic carbocycles. The third-order valence-corrected chi connectivity index (χ3v) is 8.03. The number of rotatable bonds is 6. The number of aromatic nitrogens is 4. The molecule has 7 aromatic rings. The third kappa shape index (κ3) is 5.09. The van der Waals surface area contributed by atoms with Crippen molar-refractivity contribution in [3.8, 4) is 44.3 Å². The summed E-state index contributed by atoms with van der Waals surface area (Å²) in [5.41, 5.74) is 6.59. The fraction of sp³-hybridized carbons (Fsp3) is 0. The van der Waals surface area contributed by atoms with E-state index in [0.717, 1.165) is 49.1 Å². The molecule has 42 heavy (non-hydrogen) atoms. The van der Waals surface area contributed by atoms with Crippen LogP contribution in [0.3, 0.4) is 0 Å². The van der Waals surface area contributed by atoms with E-state index in [9.17, 15) is 0 Å². The quantitative estimate of drug-likeness (QED) is 0.197. The number of hydrogen-bond acceptors (Lipinski definition) is 4. The molecule has 2 aromatic heterocycles. The lowest BCUT2D eigenvalue weighted by atomic mass is 10.0. The minimum absolute atomic E-state index is 0.672. The molecule has 0 unspecified atom stereocenters. The highest BCUT2D eigenvalue weighted by Gasteiger charge is 2.22. The molecule has 2 heterocycles. The van der Waals surface area contributed by atoms with Gasteiger partial charge in [0.05, 0.1) is 16.9 Å². The van der Waals surface area contributed by atoms with Gasteiger partial charge in [-0.05, 0) is 42.0 Å². The van der Waals surface area contributed by atoms with Gasteiger partial charge in [-0.2, -0.15) is 15.2 Å². The van der Waals surface area contributed by atoms with Crippen LogP contribution in [0.15, 0.2) is 151 Å². The summed E-state index contributed by atoms with van der Waals surface area (Å²) < 4.78 is 3.83. The molecule has 0 N–H and O–H groups in total. The van der Waals surface area contributed by atoms with Crippen LogP contribution in [-0.2, 0) is 0 Å². The summed E-state index contributed by atoms with van der Waals surface area (Å²) in [4.78, 5) is 6.10. The average Bonchev–Trinajstić information content (AvgIpc) is 3.66. The van der Waals surface area contributed by atoms with E-state index >= 15 is 0 Å². The van der Waals surface area contributed by atoms with Crippen LogP contribution in [0.1, 0.15) is 0 Å². The summed E-state index contributed by atoms with van der Waals surface area (Å²) in [6.45, 7) is 0. The van der Waals surface area contributed by atoms with Crippen molar-refractivity contribution < 1.29 is 0 Å². The third-order valence-electron chi connectivity index (χ3n) is 6.82. The molecule has 7 rings (SSSR count). The molecule has 0 aliphatic heterocycles. The Labute approximate surface area is 252 Å². The first-order valence-corrected chi connectivity index (χ1v) is 14.7. The van der Waals surface area contributed by atoms with Gasteiger partial charge in [0.25, 0.3) is 0 Å². The second-order valence-corrected chi connectivity index (χ2v) is 11.0. The number of halogens is 1. The Hall–Kier alpha value is -5.04. The van der Waals surface area contributed by atoms with Gasteiger partial charge in [-0.25, -0.2) is 9.36 Å². The standard InChI is InChI=1S/C35H24ClN5S/c36-28-23-21-25(22-24-28)31-32(26-13-5-1-6-14-26)38-40(29-17-9-3-10-18-29)33(31)37-35-41(30-19-11-4-12-20-30)39-34(42-35)27-15-7-2-8-16-27/h1-24H. The molecule has 0 atom stereocenters. The molecule has 5 nitrogen and oxygen atoms in total. The van der Waals surface area contributed by atoms with E-state index in [4.69, 9.17) is 26.8 Å². The van der Waals surface area contributed by atoms with Crippen molar-refractivity contribution in [2.24, 2.45) is 4.99 Å². The summed E-state index contributed by atoms with van der Waals surface area (Å²) in [6, 6.07) is 48.4. The molecule has 5 aromatic carbocycles. The number of benzene rings is 5. The number of nitrogens with zero attached hydrogens (tertiary/aromatic N) is 5. The van der Waals surface area contributed by atoms with Gasteiger partial charge in [0, 0.05) is 16.1 Å². The highest BCUT2D eigenvalue weighted by atomic mass is 35.5. The zero-order chi connectivity index (χ0) is 28.3. The van der Waals surface area contributed by atoms with Crippen LogP contribution in [0.5, 0.6) is 0 Å². The number of para-hydroxylation sites is 2. The first kappa shape index (κ1) is 25.9. The van der Waals surface area contributed by atoms with Gasteiger partial charge in [-0.3, -0.25) is 0 Å². The van der Waals surface area contributed by atoms with E-state index in [1.807, 2.05) is 131 Å². The van der Waals surface area contributed by atoms with Gasteiger partial charge in [0.2, 0.25) is 4.80 Å². The topological polar surface area (TPSA) is 48.0 Å². The Morgan fingerprint density at radius 1 is 0.524 bits per heavy atom. The van der Waals surface area contributed by atoms with Gasteiger partial charge in [0.15, 0.2) is 5.82 Å². The Morgan fingerprint density at radius 2 is 1.05 bits per heavy atom. The summed E-state index contributed by atoms with van der Waals surface area (Å²) in [5, 5.41) is 11.7. The smallest absolute Gasteiger partial charge is 0.214 e. The summed E-state index contributed by atoms with van der Waals surface area (Å²) in [6.07, 6.45) is 0. The van der Waals surface area contributed by atoms with Crippen LogP contribution in [0.25, 0.3) is 44.3 Å². The molecule has 0 radical (unpaired) electrons. The molecule has 0 bridgehead atoms. The predicted octanol–water partition coefficient (Wildman–Crippen LogP) is 9.01.